The zero-order chi connectivity index (χ0) is 14.5. The maximum absolute atomic E-state index is 10.2. The summed E-state index contributed by atoms with van der Waals surface area (Å²) in [7, 11) is 0. The van der Waals surface area contributed by atoms with Gasteiger partial charge in [-0.25, -0.2) is 0 Å². The molecule has 0 atom stereocenters. The van der Waals surface area contributed by atoms with E-state index in [1.54, 1.807) is 0 Å². The van der Waals surface area contributed by atoms with Gasteiger partial charge in [-0.3, -0.25) is 0 Å². The second kappa shape index (κ2) is 11.3. The number of hydrogen-bond donors (Lipinski definition) is 0. The quantitative estimate of drug-likeness (QED) is 0.420. The van der Waals surface area contributed by atoms with E-state index in [2.05, 4.69) is 6.92 Å². The van der Waals surface area contributed by atoms with E-state index in [-0.39, 0.29) is 0 Å². The molecule has 0 aliphatic rings. The van der Waals surface area contributed by atoms with E-state index in [0.717, 1.165) is 43.7 Å². The molecule has 0 N–H and O–H groups in total. The van der Waals surface area contributed by atoms with Gasteiger partial charge < -0.3 is 14.3 Å². The minimum Gasteiger partial charge on any atom is -0.493 e. The largest absolute Gasteiger partial charge is 0.493 e. The molecular formula is C17H26O3. The summed E-state index contributed by atoms with van der Waals surface area (Å²) in [5.74, 6) is 1.70. The highest BCUT2D eigenvalue weighted by Gasteiger charge is 1.98. The van der Waals surface area contributed by atoms with Crippen LogP contribution in [-0.2, 0) is 4.79 Å². The van der Waals surface area contributed by atoms with Gasteiger partial charge in [0.05, 0.1) is 13.2 Å². The van der Waals surface area contributed by atoms with Crippen molar-refractivity contribution >= 4 is 6.29 Å². The van der Waals surface area contributed by atoms with Crippen molar-refractivity contribution in [2.45, 2.75) is 51.9 Å². The fourth-order valence-electron chi connectivity index (χ4n) is 1.89. The van der Waals surface area contributed by atoms with Crippen LogP contribution in [0.25, 0.3) is 0 Å². The Morgan fingerprint density at radius 1 is 0.950 bits per heavy atom. The number of rotatable bonds is 12. The standard InChI is InChI=1S/C17H26O3/c1-2-3-4-7-13-19-16-10-9-11-17(15-16)20-14-8-5-6-12-18/h9-12,15H,2-8,13-14H2,1H3. The van der Waals surface area contributed by atoms with Crippen LogP contribution in [0.5, 0.6) is 11.5 Å². The van der Waals surface area contributed by atoms with Crippen LogP contribution in [0.2, 0.25) is 0 Å². The summed E-state index contributed by atoms with van der Waals surface area (Å²) in [6, 6.07) is 7.77. The molecule has 0 saturated heterocycles. The van der Waals surface area contributed by atoms with Gasteiger partial charge >= 0.3 is 0 Å². The fourth-order valence-corrected chi connectivity index (χ4v) is 1.89. The maximum atomic E-state index is 10.2. The van der Waals surface area contributed by atoms with Gasteiger partial charge in [0.15, 0.2) is 0 Å². The smallest absolute Gasteiger partial charge is 0.122 e. The zero-order valence-electron chi connectivity index (χ0n) is 12.5. The Hall–Kier alpha value is -1.51. The van der Waals surface area contributed by atoms with E-state index < -0.39 is 0 Å². The first-order chi connectivity index (χ1) is 9.86. The van der Waals surface area contributed by atoms with E-state index in [4.69, 9.17) is 9.47 Å². The summed E-state index contributed by atoms with van der Waals surface area (Å²) in [5.41, 5.74) is 0. The summed E-state index contributed by atoms with van der Waals surface area (Å²) >= 11 is 0. The molecule has 1 aromatic rings. The molecule has 20 heavy (non-hydrogen) atoms. The second-order valence-corrected chi connectivity index (χ2v) is 4.89. The summed E-state index contributed by atoms with van der Waals surface area (Å²) in [4.78, 5) is 10.2. The first-order valence-electron chi connectivity index (χ1n) is 7.66. The Morgan fingerprint density at radius 2 is 1.60 bits per heavy atom. The van der Waals surface area contributed by atoms with Gasteiger partial charge in [0, 0.05) is 12.5 Å². The van der Waals surface area contributed by atoms with Crippen molar-refractivity contribution in [2.24, 2.45) is 0 Å². The van der Waals surface area contributed by atoms with Gasteiger partial charge in [-0.1, -0.05) is 32.3 Å². The van der Waals surface area contributed by atoms with Crippen LogP contribution in [0.15, 0.2) is 24.3 Å². The number of hydrogen-bond acceptors (Lipinski definition) is 3. The Balaban J connectivity index is 2.21. The molecule has 3 heteroatoms. The third-order valence-electron chi connectivity index (χ3n) is 3.06. The zero-order valence-corrected chi connectivity index (χ0v) is 12.5. The Morgan fingerprint density at radius 3 is 2.20 bits per heavy atom. The first kappa shape index (κ1) is 16.5. The van der Waals surface area contributed by atoms with Gasteiger partial charge in [-0.15, -0.1) is 0 Å². The van der Waals surface area contributed by atoms with Crippen molar-refractivity contribution in [3.8, 4) is 11.5 Å². The van der Waals surface area contributed by atoms with Gasteiger partial charge in [0.1, 0.15) is 17.8 Å². The Kier molecular flexibility index (Phi) is 9.37. The number of benzene rings is 1. The SMILES string of the molecule is CCCCCCOc1cccc(OCCCCC=O)c1. The van der Waals surface area contributed by atoms with Crippen molar-refractivity contribution < 1.29 is 14.3 Å². The third-order valence-corrected chi connectivity index (χ3v) is 3.06. The highest BCUT2D eigenvalue weighted by atomic mass is 16.5. The van der Waals surface area contributed by atoms with E-state index in [9.17, 15) is 4.79 Å². The lowest BCUT2D eigenvalue weighted by Gasteiger charge is -2.09. The molecule has 0 spiro atoms. The van der Waals surface area contributed by atoms with Crippen LogP contribution in [0, 0.1) is 0 Å². The van der Waals surface area contributed by atoms with Crippen LogP contribution >= 0.6 is 0 Å². The van der Waals surface area contributed by atoms with Crippen molar-refractivity contribution in [1.29, 1.82) is 0 Å². The predicted octanol–water partition coefficient (Wildman–Crippen LogP) is 4.39. The topological polar surface area (TPSA) is 35.5 Å². The lowest BCUT2D eigenvalue weighted by Crippen LogP contribution is -1.99. The van der Waals surface area contributed by atoms with Crippen LogP contribution in [-0.4, -0.2) is 19.5 Å². The number of aldehydes is 1. The normalized spacial score (nSPS) is 10.2. The molecule has 0 aliphatic heterocycles. The average molecular weight is 278 g/mol. The molecule has 0 aromatic heterocycles. The van der Waals surface area contributed by atoms with Crippen LogP contribution in [0.1, 0.15) is 51.9 Å². The maximum Gasteiger partial charge on any atom is 0.122 e. The summed E-state index contributed by atoms with van der Waals surface area (Å²) in [6.45, 7) is 3.62. The van der Waals surface area contributed by atoms with E-state index in [0.29, 0.717) is 13.0 Å². The average Bonchev–Trinajstić information content (AvgIpc) is 2.47. The molecule has 1 rings (SSSR count). The molecule has 3 nitrogen and oxygen atoms in total. The molecule has 112 valence electrons. The molecule has 0 radical (unpaired) electrons. The van der Waals surface area contributed by atoms with Crippen molar-refractivity contribution in [2.75, 3.05) is 13.2 Å². The summed E-state index contributed by atoms with van der Waals surface area (Å²) in [6.07, 6.45) is 8.20. The second-order valence-electron chi connectivity index (χ2n) is 4.89. The Bertz CT molecular complexity index is 363. The number of carbonyl (C=O) groups excluding carboxylic acids is 1. The van der Waals surface area contributed by atoms with E-state index in [1.165, 1.54) is 19.3 Å². The van der Waals surface area contributed by atoms with Crippen molar-refractivity contribution in [3.63, 3.8) is 0 Å². The van der Waals surface area contributed by atoms with Crippen LogP contribution < -0.4 is 9.47 Å². The molecule has 0 bridgehead atoms. The van der Waals surface area contributed by atoms with Crippen LogP contribution in [0.3, 0.4) is 0 Å². The lowest BCUT2D eigenvalue weighted by atomic mass is 10.2. The highest BCUT2D eigenvalue weighted by Crippen LogP contribution is 2.20. The first-order valence-corrected chi connectivity index (χ1v) is 7.66. The molecule has 1 aromatic carbocycles. The number of ether oxygens (including phenoxy) is 2. The molecule has 0 amide bonds. The van der Waals surface area contributed by atoms with Crippen molar-refractivity contribution in [1.82, 2.24) is 0 Å². The van der Waals surface area contributed by atoms with E-state index >= 15 is 0 Å². The predicted molar refractivity (Wildman–Crippen MR) is 81.5 cm³/mol. The monoisotopic (exact) mass is 278 g/mol. The Labute approximate surface area is 122 Å². The van der Waals surface area contributed by atoms with Gasteiger partial charge in [0.2, 0.25) is 0 Å². The number of carbonyl (C=O) groups is 1. The highest BCUT2D eigenvalue weighted by molar-refractivity contribution is 5.48. The molecular weight excluding hydrogens is 252 g/mol. The third kappa shape index (κ3) is 7.82. The lowest BCUT2D eigenvalue weighted by molar-refractivity contribution is -0.107. The molecule has 0 aliphatic carbocycles. The van der Waals surface area contributed by atoms with Gasteiger partial charge in [-0.2, -0.15) is 0 Å². The van der Waals surface area contributed by atoms with Crippen LogP contribution in [0.4, 0.5) is 0 Å². The molecule has 0 heterocycles. The number of unbranched alkanes of at least 4 members (excludes halogenated alkanes) is 5. The van der Waals surface area contributed by atoms with Crippen molar-refractivity contribution in [3.05, 3.63) is 24.3 Å². The molecule has 0 saturated carbocycles. The summed E-state index contributed by atoms with van der Waals surface area (Å²) in [5, 5.41) is 0. The minimum absolute atomic E-state index is 0.615. The van der Waals surface area contributed by atoms with E-state index in [1.807, 2.05) is 24.3 Å². The van der Waals surface area contributed by atoms with Gasteiger partial charge in [0.25, 0.3) is 0 Å². The minimum atomic E-state index is 0.615. The molecule has 0 fully saturated rings. The summed E-state index contributed by atoms with van der Waals surface area (Å²) < 4.78 is 11.4. The molecule has 0 unspecified atom stereocenters. The van der Waals surface area contributed by atoms with Gasteiger partial charge in [-0.05, 0) is 31.4 Å². The fraction of sp³-hybridized carbons (Fsp3) is 0.588.